The van der Waals surface area contributed by atoms with Crippen LogP contribution in [0.25, 0.3) is 21.3 Å². The highest BCUT2D eigenvalue weighted by Gasteiger charge is 2.09. The molecule has 0 atom stereocenters. The molecule has 0 saturated heterocycles. The van der Waals surface area contributed by atoms with E-state index in [0.717, 1.165) is 58.8 Å². The number of thiophene rings is 1. The second-order valence-corrected chi connectivity index (χ2v) is 8.32. The summed E-state index contributed by atoms with van der Waals surface area (Å²) >= 11 is 1.72. The fraction of sp³-hybridized carbons (Fsp3) is 0.261. The maximum Gasteiger partial charge on any atom is 0.247 e. The van der Waals surface area contributed by atoms with Crippen LogP contribution in [0.1, 0.15) is 29.6 Å². The third-order valence-corrected chi connectivity index (χ3v) is 5.83. The summed E-state index contributed by atoms with van der Waals surface area (Å²) in [5, 5.41) is 4.63. The van der Waals surface area contributed by atoms with Crippen LogP contribution in [0.5, 0.6) is 0 Å². The highest BCUT2D eigenvalue weighted by molar-refractivity contribution is 7.18. The minimum absolute atomic E-state index is 0.0810. The second kappa shape index (κ2) is 8.57. The first-order chi connectivity index (χ1) is 14.1. The molecule has 5 nitrogen and oxygen atoms in total. The van der Waals surface area contributed by atoms with Gasteiger partial charge in [-0.3, -0.25) is 4.79 Å². The van der Waals surface area contributed by atoms with Crippen molar-refractivity contribution >= 4 is 27.4 Å². The van der Waals surface area contributed by atoms with Crippen molar-refractivity contribution in [1.82, 2.24) is 15.0 Å². The lowest BCUT2D eigenvalue weighted by Gasteiger charge is -2.09. The first kappa shape index (κ1) is 19.3. The Bertz CT molecular complexity index is 1160. The fourth-order valence-electron chi connectivity index (χ4n) is 3.33. The Balaban J connectivity index is 1.36. The third-order valence-electron chi connectivity index (χ3n) is 4.88. The van der Waals surface area contributed by atoms with E-state index in [1.54, 1.807) is 23.6 Å². The van der Waals surface area contributed by atoms with E-state index in [4.69, 9.17) is 0 Å². The molecule has 0 bridgehead atoms. The number of hydrogen-bond acceptors (Lipinski definition) is 5. The molecule has 2 N–H and O–H groups in total. The Morgan fingerprint density at radius 3 is 2.59 bits per heavy atom. The Kier molecular flexibility index (Phi) is 5.71. The maximum atomic E-state index is 11.2. The van der Waals surface area contributed by atoms with Crippen LogP contribution in [0.15, 0.2) is 53.5 Å². The molecule has 0 unspecified atom stereocenters. The van der Waals surface area contributed by atoms with Gasteiger partial charge in [0.2, 0.25) is 5.56 Å². The Hall–Kier alpha value is -2.99. The van der Waals surface area contributed by atoms with Gasteiger partial charge in [0.05, 0.1) is 5.39 Å². The van der Waals surface area contributed by atoms with Crippen molar-refractivity contribution in [2.75, 3.05) is 11.9 Å². The van der Waals surface area contributed by atoms with E-state index < -0.39 is 0 Å². The molecule has 29 heavy (non-hydrogen) atoms. The SMILES string of the molecule is CCc1nc(NCCCc2ccc(-c3ccc(=O)[nH]c3)cc2)c2cc(C)sc2n1. The van der Waals surface area contributed by atoms with Crippen molar-refractivity contribution in [1.29, 1.82) is 0 Å². The van der Waals surface area contributed by atoms with Gasteiger partial charge in [-0.1, -0.05) is 31.2 Å². The number of aryl methyl sites for hydroxylation is 3. The number of anilines is 1. The zero-order chi connectivity index (χ0) is 20.2. The number of hydrogen-bond donors (Lipinski definition) is 2. The lowest BCUT2D eigenvalue weighted by atomic mass is 10.0. The molecule has 1 aromatic carbocycles. The molecule has 0 fully saturated rings. The van der Waals surface area contributed by atoms with Crippen molar-refractivity contribution in [3.8, 4) is 11.1 Å². The normalized spacial score (nSPS) is 11.1. The van der Waals surface area contributed by atoms with Gasteiger partial charge in [-0.05, 0) is 48.6 Å². The number of nitrogens with one attached hydrogen (secondary N) is 2. The van der Waals surface area contributed by atoms with Crippen LogP contribution in [0.2, 0.25) is 0 Å². The van der Waals surface area contributed by atoms with Gasteiger partial charge in [0, 0.05) is 30.1 Å². The van der Waals surface area contributed by atoms with Gasteiger partial charge in [0.15, 0.2) is 0 Å². The quantitative estimate of drug-likeness (QED) is 0.427. The molecule has 0 aliphatic carbocycles. The molecule has 0 spiro atoms. The third kappa shape index (κ3) is 4.54. The molecule has 0 aliphatic heterocycles. The lowest BCUT2D eigenvalue weighted by Crippen LogP contribution is -2.07. The van der Waals surface area contributed by atoms with Crippen LogP contribution in [0, 0.1) is 6.92 Å². The highest BCUT2D eigenvalue weighted by Crippen LogP contribution is 2.28. The number of nitrogens with zero attached hydrogens (tertiary/aromatic N) is 2. The first-order valence-electron chi connectivity index (χ1n) is 9.91. The van der Waals surface area contributed by atoms with Crippen LogP contribution >= 0.6 is 11.3 Å². The topological polar surface area (TPSA) is 70.7 Å². The summed E-state index contributed by atoms with van der Waals surface area (Å²) in [6, 6.07) is 14.1. The number of benzene rings is 1. The van der Waals surface area contributed by atoms with Gasteiger partial charge >= 0.3 is 0 Å². The smallest absolute Gasteiger partial charge is 0.247 e. The zero-order valence-electron chi connectivity index (χ0n) is 16.7. The molecule has 0 amide bonds. The molecule has 3 aromatic heterocycles. The molecular formula is C23H24N4OS. The number of H-pyrrole nitrogens is 1. The van der Waals surface area contributed by atoms with E-state index >= 15 is 0 Å². The average Bonchev–Trinajstić information content (AvgIpc) is 3.12. The summed E-state index contributed by atoms with van der Waals surface area (Å²) in [4.78, 5) is 25.6. The van der Waals surface area contributed by atoms with E-state index in [1.807, 2.05) is 6.07 Å². The van der Waals surface area contributed by atoms with Crippen LogP contribution in [-0.4, -0.2) is 21.5 Å². The van der Waals surface area contributed by atoms with Crippen molar-refractivity contribution in [3.05, 3.63) is 75.3 Å². The lowest BCUT2D eigenvalue weighted by molar-refractivity contribution is 0.855. The minimum atomic E-state index is -0.0810. The first-order valence-corrected chi connectivity index (χ1v) is 10.7. The standard InChI is InChI=1S/C23H24N4OS/c1-3-20-26-22(19-13-15(2)29-23(19)27-20)24-12-4-5-16-6-8-17(9-7-16)18-10-11-21(28)25-14-18/h6-11,13-14H,3-5,12H2,1-2H3,(H,25,28)(H,24,26,27). The van der Waals surface area contributed by atoms with Crippen molar-refractivity contribution < 1.29 is 0 Å². The van der Waals surface area contributed by atoms with E-state index in [1.165, 1.54) is 10.4 Å². The van der Waals surface area contributed by atoms with Gasteiger partial charge in [-0.2, -0.15) is 0 Å². The van der Waals surface area contributed by atoms with Crippen LogP contribution in [-0.2, 0) is 12.8 Å². The van der Waals surface area contributed by atoms with Crippen LogP contribution in [0.4, 0.5) is 5.82 Å². The summed E-state index contributed by atoms with van der Waals surface area (Å²) in [6.45, 7) is 5.06. The molecule has 0 radical (unpaired) electrons. The fourth-order valence-corrected chi connectivity index (χ4v) is 4.23. The molecule has 4 aromatic rings. The van der Waals surface area contributed by atoms with Gasteiger partial charge in [0.1, 0.15) is 16.5 Å². The average molecular weight is 405 g/mol. The predicted octanol–water partition coefficient (Wildman–Crippen LogP) is 4.96. The Morgan fingerprint density at radius 1 is 1.07 bits per heavy atom. The molecule has 6 heteroatoms. The Labute approximate surface area is 173 Å². The van der Waals surface area contributed by atoms with Crippen molar-refractivity contribution in [2.24, 2.45) is 0 Å². The molecule has 148 valence electrons. The molecule has 0 saturated carbocycles. The molecular weight excluding hydrogens is 380 g/mol. The summed E-state index contributed by atoms with van der Waals surface area (Å²) < 4.78 is 0. The van der Waals surface area contributed by atoms with Crippen molar-refractivity contribution in [2.45, 2.75) is 33.1 Å². The summed E-state index contributed by atoms with van der Waals surface area (Å²) in [7, 11) is 0. The number of aromatic amines is 1. The van der Waals surface area contributed by atoms with Crippen molar-refractivity contribution in [3.63, 3.8) is 0 Å². The van der Waals surface area contributed by atoms with Gasteiger partial charge in [-0.15, -0.1) is 11.3 Å². The van der Waals surface area contributed by atoms with Gasteiger partial charge in [0.25, 0.3) is 0 Å². The summed E-state index contributed by atoms with van der Waals surface area (Å²) in [5.74, 6) is 1.84. The monoisotopic (exact) mass is 404 g/mol. The van der Waals surface area contributed by atoms with Crippen LogP contribution < -0.4 is 10.9 Å². The number of aromatic nitrogens is 3. The van der Waals surface area contributed by atoms with Crippen LogP contribution in [0.3, 0.4) is 0 Å². The minimum Gasteiger partial charge on any atom is -0.369 e. The van der Waals surface area contributed by atoms with Gasteiger partial charge in [-0.25, -0.2) is 9.97 Å². The number of rotatable bonds is 7. The van der Waals surface area contributed by atoms with E-state index in [9.17, 15) is 4.79 Å². The summed E-state index contributed by atoms with van der Waals surface area (Å²) in [5.41, 5.74) is 3.34. The predicted molar refractivity (Wildman–Crippen MR) is 121 cm³/mol. The molecule has 3 heterocycles. The number of fused-ring (bicyclic) bond motifs is 1. The summed E-state index contributed by atoms with van der Waals surface area (Å²) in [6.07, 6.45) is 4.61. The van der Waals surface area contributed by atoms with E-state index in [2.05, 4.69) is 64.4 Å². The molecule has 4 rings (SSSR count). The maximum absolute atomic E-state index is 11.2. The zero-order valence-corrected chi connectivity index (χ0v) is 17.5. The van der Waals surface area contributed by atoms with E-state index in [-0.39, 0.29) is 5.56 Å². The second-order valence-electron chi connectivity index (χ2n) is 7.09. The van der Waals surface area contributed by atoms with Gasteiger partial charge < -0.3 is 10.3 Å². The largest absolute Gasteiger partial charge is 0.369 e. The molecule has 0 aliphatic rings. The Morgan fingerprint density at radius 2 is 1.86 bits per heavy atom. The highest BCUT2D eigenvalue weighted by atomic mass is 32.1. The number of pyridine rings is 1. The van der Waals surface area contributed by atoms with E-state index in [0.29, 0.717) is 0 Å².